The SMILES string of the molecule is CNCC1CN(CC2CC(F)(F)C(=O)O2)CCO1. The second-order valence-electron chi connectivity index (χ2n) is 4.75. The summed E-state index contributed by atoms with van der Waals surface area (Å²) in [4.78, 5) is 12.9. The third-order valence-corrected chi connectivity index (χ3v) is 3.17. The number of carbonyl (C=O) groups is 1. The van der Waals surface area contributed by atoms with Gasteiger partial charge in [-0.05, 0) is 7.05 Å². The van der Waals surface area contributed by atoms with Crippen molar-refractivity contribution >= 4 is 5.97 Å². The topological polar surface area (TPSA) is 50.8 Å². The van der Waals surface area contributed by atoms with Crippen molar-refractivity contribution in [3.63, 3.8) is 0 Å². The van der Waals surface area contributed by atoms with Gasteiger partial charge in [-0.1, -0.05) is 0 Å². The number of nitrogens with zero attached hydrogens (tertiary/aromatic N) is 1. The third kappa shape index (κ3) is 3.15. The number of likely N-dealkylation sites (N-methyl/N-ethyl adjacent to an activating group) is 1. The van der Waals surface area contributed by atoms with Crippen LogP contribution in [-0.4, -0.2) is 68.8 Å². The van der Waals surface area contributed by atoms with Gasteiger partial charge in [0, 0.05) is 26.2 Å². The highest BCUT2D eigenvalue weighted by Crippen LogP contribution is 2.31. The number of rotatable bonds is 4. The molecule has 2 atom stereocenters. The molecule has 2 aliphatic heterocycles. The molecule has 2 saturated heterocycles. The van der Waals surface area contributed by atoms with Crippen molar-refractivity contribution in [3.05, 3.63) is 0 Å². The van der Waals surface area contributed by atoms with Gasteiger partial charge in [0.15, 0.2) is 0 Å². The molecule has 0 bridgehead atoms. The zero-order chi connectivity index (χ0) is 13.2. The number of ether oxygens (including phenoxy) is 2. The van der Waals surface area contributed by atoms with Crippen molar-refractivity contribution in [1.29, 1.82) is 0 Å². The van der Waals surface area contributed by atoms with Crippen molar-refractivity contribution in [2.24, 2.45) is 0 Å². The first-order valence-corrected chi connectivity index (χ1v) is 6.09. The molecule has 2 fully saturated rings. The van der Waals surface area contributed by atoms with Crippen molar-refractivity contribution in [1.82, 2.24) is 10.2 Å². The fraction of sp³-hybridized carbons (Fsp3) is 0.909. The van der Waals surface area contributed by atoms with Crippen molar-refractivity contribution < 1.29 is 23.0 Å². The Morgan fingerprint density at radius 1 is 1.50 bits per heavy atom. The van der Waals surface area contributed by atoms with E-state index in [0.29, 0.717) is 26.2 Å². The molecule has 2 aliphatic rings. The number of halogens is 2. The van der Waals surface area contributed by atoms with Crippen molar-refractivity contribution in [2.75, 3.05) is 39.8 Å². The fourth-order valence-corrected chi connectivity index (χ4v) is 2.34. The Labute approximate surface area is 104 Å². The largest absolute Gasteiger partial charge is 0.456 e. The van der Waals surface area contributed by atoms with Crippen LogP contribution in [-0.2, 0) is 14.3 Å². The van der Waals surface area contributed by atoms with E-state index in [-0.39, 0.29) is 6.10 Å². The zero-order valence-corrected chi connectivity index (χ0v) is 10.3. The Bertz CT molecular complexity index is 313. The predicted octanol–water partition coefficient (Wildman–Crippen LogP) is -0.143. The second-order valence-corrected chi connectivity index (χ2v) is 4.75. The number of hydrogen-bond donors (Lipinski definition) is 1. The van der Waals surface area contributed by atoms with Gasteiger partial charge in [-0.25, -0.2) is 4.79 Å². The highest BCUT2D eigenvalue weighted by atomic mass is 19.3. The molecule has 2 heterocycles. The van der Waals surface area contributed by atoms with Crippen LogP contribution in [0.4, 0.5) is 8.78 Å². The van der Waals surface area contributed by atoms with Gasteiger partial charge in [0.1, 0.15) is 6.10 Å². The van der Waals surface area contributed by atoms with E-state index in [4.69, 9.17) is 4.74 Å². The summed E-state index contributed by atoms with van der Waals surface area (Å²) >= 11 is 0. The maximum atomic E-state index is 13.0. The van der Waals surface area contributed by atoms with Gasteiger partial charge >= 0.3 is 11.9 Å². The monoisotopic (exact) mass is 264 g/mol. The Morgan fingerprint density at radius 2 is 2.28 bits per heavy atom. The smallest absolute Gasteiger partial charge is 0.377 e. The molecule has 0 amide bonds. The number of alkyl halides is 2. The van der Waals surface area contributed by atoms with Crippen LogP contribution in [0.5, 0.6) is 0 Å². The lowest BCUT2D eigenvalue weighted by atomic mass is 10.1. The van der Waals surface area contributed by atoms with E-state index in [0.717, 1.165) is 6.54 Å². The first-order chi connectivity index (χ1) is 8.51. The van der Waals surface area contributed by atoms with Crippen LogP contribution in [0.3, 0.4) is 0 Å². The minimum Gasteiger partial charge on any atom is -0.456 e. The van der Waals surface area contributed by atoms with Gasteiger partial charge in [0.2, 0.25) is 0 Å². The summed E-state index contributed by atoms with van der Waals surface area (Å²) in [5.74, 6) is -4.71. The van der Waals surface area contributed by atoms with Crippen LogP contribution in [0.1, 0.15) is 6.42 Å². The number of hydrogen-bond acceptors (Lipinski definition) is 5. The lowest BCUT2D eigenvalue weighted by molar-refractivity contribution is -0.159. The van der Waals surface area contributed by atoms with Crippen molar-refractivity contribution in [2.45, 2.75) is 24.6 Å². The van der Waals surface area contributed by atoms with Gasteiger partial charge in [-0.15, -0.1) is 0 Å². The van der Waals surface area contributed by atoms with E-state index in [1.54, 1.807) is 0 Å². The van der Waals surface area contributed by atoms with Gasteiger partial charge in [-0.2, -0.15) is 8.78 Å². The average Bonchev–Trinajstić information content (AvgIpc) is 2.53. The van der Waals surface area contributed by atoms with Crippen LogP contribution < -0.4 is 5.32 Å². The molecule has 2 unspecified atom stereocenters. The number of nitrogens with one attached hydrogen (secondary N) is 1. The number of morpholine rings is 1. The fourth-order valence-electron chi connectivity index (χ4n) is 2.34. The summed E-state index contributed by atoms with van der Waals surface area (Å²) < 4.78 is 36.2. The van der Waals surface area contributed by atoms with E-state index in [2.05, 4.69) is 10.1 Å². The van der Waals surface area contributed by atoms with E-state index in [9.17, 15) is 13.6 Å². The highest BCUT2D eigenvalue weighted by molar-refractivity contribution is 5.79. The Balaban J connectivity index is 1.81. The summed E-state index contributed by atoms with van der Waals surface area (Å²) in [6.45, 7) is 2.99. The molecule has 0 aromatic carbocycles. The molecule has 2 rings (SSSR count). The van der Waals surface area contributed by atoms with Crippen LogP contribution >= 0.6 is 0 Å². The Morgan fingerprint density at radius 3 is 2.89 bits per heavy atom. The van der Waals surface area contributed by atoms with Gasteiger partial charge in [0.25, 0.3) is 0 Å². The molecule has 18 heavy (non-hydrogen) atoms. The molecule has 0 spiro atoms. The standard InChI is InChI=1S/C11H18F2N2O3/c1-14-5-9-7-15(2-3-17-9)6-8-4-11(12,13)10(16)18-8/h8-9,14H,2-7H2,1H3. The summed E-state index contributed by atoms with van der Waals surface area (Å²) in [5, 5.41) is 3.01. The normalized spacial score (nSPS) is 32.5. The molecular formula is C11H18F2N2O3. The van der Waals surface area contributed by atoms with Crippen molar-refractivity contribution in [3.8, 4) is 0 Å². The summed E-state index contributed by atoms with van der Waals surface area (Å²) in [6, 6.07) is 0. The molecule has 0 aliphatic carbocycles. The Hall–Kier alpha value is -0.790. The summed E-state index contributed by atoms with van der Waals surface area (Å²) in [7, 11) is 1.83. The predicted molar refractivity (Wildman–Crippen MR) is 59.6 cm³/mol. The molecule has 0 radical (unpaired) electrons. The minimum atomic E-state index is -3.32. The van der Waals surface area contributed by atoms with E-state index in [1.807, 2.05) is 11.9 Å². The maximum Gasteiger partial charge on any atom is 0.377 e. The molecule has 1 N–H and O–H groups in total. The maximum absolute atomic E-state index is 13.0. The molecule has 5 nitrogen and oxygen atoms in total. The molecule has 7 heteroatoms. The van der Waals surface area contributed by atoms with Crippen LogP contribution in [0.25, 0.3) is 0 Å². The highest BCUT2D eigenvalue weighted by Gasteiger charge is 2.51. The number of cyclic esters (lactones) is 1. The lowest BCUT2D eigenvalue weighted by Crippen LogP contribution is -2.48. The minimum absolute atomic E-state index is 0.0568. The first-order valence-electron chi connectivity index (χ1n) is 6.09. The van der Waals surface area contributed by atoms with Gasteiger partial charge in [-0.3, -0.25) is 4.90 Å². The van der Waals surface area contributed by atoms with E-state index >= 15 is 0 Å². The molecule has 0 saturated carbocycles. The average molecular weight is 264 g/mol. The lowest BCUT2D eigenvalue weighted by Gasteiger charge is -2.33. The number of carbonyl (C=O) groups excluding carboxylic acids is 1. The second kappa shape index (κ2) is 5.46. The first kappa shape index (κ1) is 13.6. The molecule has 0 aromatic rings. The quantitative estimate of drug-likeness (QED) is 0.716. The molecule has 104 valence electrons. The van der Waals surface area contributed by atoms with Gasteiger partial charge < -0.3 is 14.8 Å². The molecular weight excluding hydrogens is 246 g/mol. The van der Waals surface area contributed by atoms with Crippen LogP contribution in [0.2, 0.25) is 0 Å². The molecule has 0 aromatic heterocycles. The van der Waals surface area contributed by atoms with E-state index < -0.39 is 24.4 Å². The van der Waals surface area contributed by atoms with E-state index in [1.165, 1.54) is 0 Å². The number of esters is 1. The Kier molecular flexibility index (Phi) is 4.14. The third-order valence-electron chi connectivity index (χ3n) is 3.17. The zero-order valence-electron chi connectivity index (χ0n) is 10.3. The summed E-state index contributed by atoms with van der Waals surface area (Å²) in [5.41, 5.74) is 0. The summed E-state index contributed by atoms with van der Waals surface area (Å²) in [6.07, 6.45) is -1.16. The van der Waals surface area contributed by atoms with Crippen LogP contribution in [0.15, 0.2) is 0 Å². The van der Waals surface area contributed by atoms with Gasteiger partial charge in [0.05, 0.1) is 19.1 Å². The van der Waals surface area contributed by atoms with Crippen LogP contribution in [0, 0.1) is 0 Å².